The summed E-state index contributed by atoms with van der Waals surface area (Å²) in [7, 11) is 1.52. The molecule has 0 aliphatic heterocycles. The van der Waals surface area contributed by atoms with Crippen molar-refractivity contribution >= 4 is 45.6 Å². The quantitative estimate of drug-likeness (QED) is 0.168. The minimum absolute atomic E-state index is 0.177. The zero-order valence-corrected chi connectivity index (χ0v) is 22.3. The first kappa shape index (κ1) is 21.6. The van der Waals surface area contributed by atoms with Crippen molar-refractivity contribution in [2.24, 2.45) is 0 Å². The summed E-state index contributed by atoms with van der Waals surface area (Å²) < 4.78 is 61.5. The number of carbonyl (C=O) groups is 1. The minimum Gasteiger partial charge on any atom is -0.489 e. The van der Waals surface area contributed by atoms with Crippen LogP contribution in [0.25, 0.3) is 10.9 Å². The van der Waals surface area contributed by atoms with E-state index < -0.39 is 26.4 Å². The van der Waals surface area contributed by atoms with Crippen molar-refractivity contribution in [2.75, 3.05) is 51.5 Å². The first-order chi connectivity index (χ1) is 21.8. The smallest absolute Gasteiger partial charge is 0.248 e. The van der Waals surface area contributed by atoms with Crippen LogP contribution in [0.2, 0.25) is 5.02 Å². The summed E-state index contributed by atoms with van der Waals surface area (Å²) in [6.07, 6.45) is 5.26. The van der Waals surface area contributed by atoms with Gasteiger partial charge in [-0.05, 0) is 50.3 Å². The van der Waals surface area contributed by atoms with E-state index in [9.17, 15) is 4.79 Å². The molecular weight excluding hydrogens is 532 g/mol. The normalized spacial score (nSPS) is 14.1. The van der Waals surface area contributed by atoms with Crippen LogP contribution in [0, 0.1) is 0 Å². The number of aromatic nitrogens is 3. The van der Waals surface area contributed by atoms with Gasteiger partial charge in [0.05, 0.1) is 28.5 Å². The maximum atomic E-state index is 12.8. The van der Waals surface area contributed by atoms with E-state index in [1.165, 1.54) is 13.4 Å². The van der Waals surface area contributed by atoms with Gasteiger partial charge in [-0.2, -0.15) is 0 Å². The van der Waals surface area contributed by atoms with Gasteiger partial charge in [0, 0.05) is 51.3 Å². The maximum Gasteiger partial charge on any atom is 0.248 e. The molecular formula is C29H31ClN6O4. The lowest BCUT2D eigenvalue weighted by molar-refractivity contribution is -0.111. The predicted octanol–water partition coefficient (Wildman–Crippen LogP) is 5.08. The summed E-state index contributed by atoms with van der Waals surface area (Å²) in [6.45, 7) is -5.56. The fraction of sp³-hybridized carbons (Fsp3) is 0.241. The molecule has 11 heteroatoms. The lowest BCUT2D eigenvalue weighted by atomic mass is 10.1. The molecule has 0 aliphatic carbocycles. The van der Waals surface area contributed by atoms with Crippen LogP contribution in [-0.4, -0.2) is 66.6 Å². The average Bonchev–Trinajstić information content (AvgIpc) is 2.99. The number of ether oxygens (including phenoxy) is 3. The number of hydrogen-bond acceptors (Lipinski definition) is 9. The van der Waals surface area contributed by atoms with E-state index in [2.05, 4.69) is 25.6 Å². The van der Waals surface area contributed by atoms with Crippen LogP contribution >= 0.6 is 11.6 Å². The summed E-state index contributed by atoms with van der Waals surface area (Å²) in [5.41, 5.74) is 2.13. The third kappa shape index (κ3) is 8.12. The van der Waals surface area contributed by atoms with Crippen molar-refractivity contribution in [3.05, 3.63) is 83.9 Å². The number of amides is 1. The Hall–Kier alpha value is -4.25. The number of nitrogens with zero attached hydrogens (tertiary/aromatic N) is 4. The Morgan fingerprint density at radius 2 is 1.98 bits per heavy atom. The van der Waals surface area contributed by atoms with Crippen molar-refractivity contribution in [2.45, 2.75) is 6.61 Å². The van der Waals surface area contributed by atoms with Gasteiger partial charge in [-0.25, -0.2) is 9.97 Å². The molecule has 10 nitrogen and oxygen atoms in total. The summed E-state index contributed by atoms with van der Waals surface area (Å²) in [4.78, 5) is 26.1. The third-order valence-electron chi connectivity index (χ3n) is 5.39. The third-order valence-corrected chi connectivity index (χ3v) is 5.69. The zero-order chi connectivity index (χ0) is 33.3. The van der Waals surface area contributed by atoms with Crippen LogP contribution < -0.4 is 20.1 Å². The first-order valence-electron chi connectivity index (χ1n) is 15.1. The molecule has 1 amide bonds. The van der Waals surface area contributed by atoms with Crippen LogP contribution in [0.15, 0.2) is 73.2 Å². The zero-order valence-electron chi connectivity index (χ0n) is 27.6. The SMILES string of the molecule is [2H]C([2H])([2H])N(C/C=C/C(=O)Nc1cc2c(Nc3ccc(OCc4ccccn4)c(Cl)c3)ncnc2cc1OCCOC)C([2H])([2H])[2H]. The van der Waals surface area contributed by atoms with E-state index in [1.807, 2.05) is 18.2 Å². The summed E-state index contributed by atoms with van der Waals surface area (Å²) in [5, 5.41) is 6.81. The average molecular weight is 569 g/mol. The number of anilines is 3. The fourth-order valence-electron chi connectivity index (χ4n) is 3.54. The van der Waals surface area contributed by atoms with Gasteiger partial charge in [0.15, 0.2) is 0 Å². The van der Waals surface area contributed by atoms with Gasteiger partial charge < -0.3 is 29.7 Å². The van der Waals surface area contributed by atoms with E-state index in [1.54, 1.807) is 36.5 Å². The molecule has 0 fully saturated rings. The number of halogens is 1. The Morgan fingerprint density at radius 1 is 1.07 bits per heavy atom. The molecule has 0 radical (unpaired) electrons. The largest absolute Gasteiger partial charge is 0.489 e. The number of likely N-dealkylation sites (N-methyl/N-ethyl adjacent to an activating group) is 1. The molecule has 4 aromatic rings. The summed E-state index contributed by atoms with van der Waals surface area (Å²) in [6, 6.07) is 14.0. The Kier molecular flexibility index (Phi) is 7.67. The highest BCUT2D eigenvalue weighted by atomic mass is 35.5. The standard InChI is InChI=1S/C29H31ClN6O4/c1-36(2)12-6-8-28(37)35-25-16-22-24(17-27(25)39-14-13-38-3)32-19-33-29(22)34-20-9-10-26(23(30)15-20)40-18-21-7-4-5-11-31-21/h4-11,15-17,19H,12-14,18H2,1-3H3,(H,35,37)(H,32,33,34)/b8-6+/i1D3,2D3. The van der Waals surface area contributed by atoms with Gasteiger partial charge in [-0.3, -0.25) is 9.78 Å². The number of fused-ring (bicyclic) bond motifs is 1. The number of nitrogens with one attached hydrogen (secondary N) is 2. The van der Waals surface area contributed by atoms with Gasteiger partial charge in [0.25, 0.3) is 0 Å². The van der Waals surface area contributed by atoms with Gasteiger partial charge in [0.1, 0.15) is 36.9 Å². The van der Waals surface area contributed by atoms with Crippen molar-refractivity contribution in [3.8, 4) is 11.5 Å². The highest BCUT2D eigenvalue weighted by molar-refractivity contribution is 6.32. The fourth-order valence-corrected chi connectivity index (χ4v) is 3.78. The number of carbonyl (C=O) groups excluding carboxylic acids is 1. The highest BCUT2D eigenvalue weighted by Gasteiger charge is 2.14. The molecule has 2 aromatic carbocycles. The Labute approximate surface area is 246 Å². The molecule has 40 heavy (non-hydrogen) atoms. The molecule has 2 N–H and O–H groups in total. The minimum atomic E-state index is -2.88. The first-order valence-corrected chi connectivity index (χ1v) is 12.5. The molecule has 0 saturated heterocycles. The van der Waals surface area contributed by atoms with E-state index in [0.717, 1.165) is 17.8 Å². The molecule has 4 rings (SSSR count). The second kappa shape index (κ2) is 14.2. The molecule has 0 unspecified atom stereocenters. The molecule has 2 aromatic heterocycles. The van der Waals surface area contributed by atoms with E-state index in [4.69, 9.17) is 34.0 Å². The lowest BCUT2D eigenvalue weighted by Crippen LogP contribution is -2.14. The Balaban J connectivity index is 1.56. The van der Waals surface area contributed by atoms with Crippen molar-refractivity contribution in [1.29, 1.82) is 0 Å². The maximum absolute atomic E-state index is 12.8. The van der Waals surface area contributed by atoms with E-state index in [-0.39, 0.29) is 25.5 Å². The van der Waals surface area contributed by atoms with Crippen molar-refractivity contribution < 1.29 is 27.2 Å². The Morgan fingerprint density at radius 3 is 2.75 bits per heavy atom. The molecule has 0 bridgehead atoms. The molecule has 0 spiro atoms. The number of rotatable bonds is 13. The highest BCUT2D eigenvalue weighted by Crippen LogP contribution is 2.35. The van der Waals surface area contributed by atoms with Gasteiger partial charge >= 0.3 is 0 Å². The van der Waals surface area contributed by atoms with E-state index >= 15 is 0 Å². The molecule has 2 heterocycles. The molecule has 208 valence electrons. The number of benzene rings is 2. The molecule has 0 aliphatic rings. The summed E-state index contributed by atoms with van der Waals surface area (Å²) in [5.74, 6) is 0.525. The van der Waals surface area contributed by atoms with Crippen LogP contribution in [0.3, 0.4) is 0 Å². The number of hydrogen-bond donors (Lipinski definition) is 2. The van der Waals surface area contributed by atoms with Crippen molar-refractivity contribution in [3.63, 3.8) is 0 Å². The number of methoxy groups -OCH3 is 1. The van der Waals surface area contributed by atoms with Crippen LogP contribution in [-0.2, 0) is 16.1 Å². The second-order valence-electron chi connectivity index (χ2n) is 8.31. The Bertz CT molecular complexity index is 1660. The lowest BCUT2D eigenvalue weighted by Gasteiger charge is -2.15. The number of pyridine rings is 1. The van der Waals surface area contributed by atoms with Crippen LogP contribution in [0.4, 0.5) is 17.2 Å². The monoisotopic (exact) mass is 568 g/mol. The van der Waals surface area contributed by atoms with E-state index in [0.29, 0.717) is 43.8 Å². The second-order valence-corrected chi connectivity index (χ2v) is 8.72. The van der Waals surface area contributed by atoms with Crippen LogP contribution in [0.1, 0.15) is 13.9 Å². The molecule has 0 atom stereocenters. The predicted molar refractivity (Wildman–Crippen MR) is 157 cm³/mol. The van der Waals surface area contributed by atoms with Gasteiger partial charge in [0.2, 0.25) is 5.91 Å². The summed E-state index contributed by atoms with van der Waals surface area (Å²) >= 11 is 6.49. The molecule has 0 saturated carbocycles. The van der Waals surface area contributed by atoms with Crippen molar-refractivity contribution in [1.82, 2.24) is 19.9 Å². The topological polar surface area (TPSA) is 111 Å². The van der Waals surface area contributed by atoms with Crippen LogP contribution in [0.5, 0.6) is 11.5 Å². The van der Waals surface area contributed by atoms with Gasteiger partial charge in [-0.15, -0.1) is 0 Å². The van der Waals surface area contributed by atoms with Gasteiger partial charge in [-0.1, -0.05) is 23.7 Å².